The lowest BCUT2D eigenvalue weighted by atomic mass is 9.89. The van der Waals surface area contributed by atoms with E-state index in [-0.39, 0.29) is 11.6 Å². The number of carbonyl (C=O) groups is 2. The summed E-state index contributed by atoms with van der Waals surface area (Å²) in [6.45, 7) is 0. The highest BCUT2D eigenvalue weighted by molar-refractivity contribution is 9.10. The first kappa shape index (κ1) is 22.2. The molecule has 0 aliphatic rings. The Morgan fingerprint density at radius 1 is 0.421 bits per heavy atom. The Kier molecular flexibility index (Phi) is 4.56. The van der Waals surface area contributed by atoms with Gasteiger partial charge in [0.15, 0.2) is 11.6 Å². The van der Waals surface area contributed by atoms with Crippen molar-refractivity contribution < 1.29 is 9.59 Å². The van der Waals surface area contributed by atoms with Gasteiger partial charge < -0.3 is 0 Å². The van der Waals surface area contributed by atoms with Gasteiger partial charge in [0.1, 0.15) is 0 Å². The molecule has 8 aromatic rings. The van der Waals surface area contributed by atoms with Crippen molar-refractivity contribution in [2.24, 2.45) is 0 Å². The van der Waals surface area contributed by atoms with Crippen molar-refractivity contribution in [3.05, 3.63) is 128 Å². The zero-order chi connectivity index (χ0) is 25.7. The van der Waals surface area contributed by atoms with Crippen LogP contribution in [0.1, 0.15) is 31.8 Å². The Morgan fingerprint density at radius 3 is 1.26 bits per heavy atom. The van der Waals surface area contributed by atoms with Crippen molar-refractivity contribution in [2.45, 2.75) is 0 Å². The van der Waals surface area contributed by atoms with E-state index in [9.17, 15) is 9.59 Å². The Hall–Kier alpha value is -3.86. The molecule has 178 valence electrons. The second kappa shape index (κ2) is 7.83. The van der Waals surface area contributed by atoms with E-state index < -0.39 is 0 Å². The second-order valence-corrected chi connectivity index (χ2v) is 11.5. The molecular formula is C34H16Br2O2. The highest BCUT2D eigenvalue weighted by Crippen LogP contribution is 2.50. The number of benzene rings is 7. The quantitative estimate of drug-likeness (QED) is 0.146. The number of rotatable bonds is 4. The van der Waals surface area contributed by atoms with Gasteiger partial charge in [0.25, 0.3) is 0 Å². The molecule has 2 nitrogen and oxygen atoms in total. The highest BCUT2D eigenvalue weighted by atomic mass is 79.9. The van der Waals surface area contributed by atoms with Crippen molar-refractivity contribution in [1.82, 2.24) is 0 Å². The van der Waals surface area contributed by atoms with E-state index in [2.05, 4.69) is 56.1 Å². The van der Waals surface area contributed by atoms with Gasteiger partial charge in [-0.05, 0) is 90.3 Å². The lowest BCUT2D eigenvalue weighted by Crippen LogP contribution is -2.05. The zero-order valence-electron chi connectivity index (χ0n) is 19.8. The summed E-state index contributed by atoms with van der Waals surface area (Å²) in [4.78, 5) is 27.8. The highest BCUT2D eigenvalue weighted by Gasteiger charge is 2.27. The molecule has 0 fully saturated rings. The summed E-state index contributed by atoms with van der Waals surface area (Å²) >= 11 is 7.13. The van der Waals surface area contributed by atoms with Gasteiger partial charge in [0, 0.05) is 31.2 Å². The van der Waals surface area contributed by atoms with Gasteiger partial charge in [-0.25, -0.2) is 0 Å². The van der Waals surface area contributed by atoms with Crippen LogP contribution in [0.15, 0.2) is 106 Å². The molecule has 0 atom stereocenters. The van der Waals surface area contributed by atoms with Gasteiger partial charge in [-0.2, -0.15) is 0 Å². The number of ketones is 2. The summed E-state index contributed by atoms with van der Waals surface area (Å²) in [7, 11) is 0. The summed E-state index contributed by atoms with van der Waals surface area (Å²) < 4.78 is 1.55. The number of hydrogen-bond donors (Lipinski definition) is 0. The average Bonchev–Trinajstić information content (AvgIpc) is 3.31. The van der Waals surface area contributed by atoms with Crippen molar-refractivity contribution in [1.29, 1.82) is 0 Å². The first-order valence-electron chi connectivity index (χ1n) is 12.3. The summed E-state index contributed by atoms with van der Waals surface area (Å²) in [6, 6.07) is 31.7. The van der Waals surface area contributed by atoms with Crippen LogP contribution in [0, 0.1) is 0 Å². The molecule has 0 saturated heterocycles. The van der Waals surface area contributed by atoms with Crippen molar-refractivity contribution in [3.63, 3.8) is 0 Å². The molecule has 0 aliphatic heterocycles. The molecule has 0 amide bonds. The summed E-state index contributed by atoms with van der Waals surface area (Å²) in [6.07, 6.45) is 0. The van der Waals surface area contributed by atoms with E-state index in [1.807, 2.05) is 72.8 Å². The van der Waals surface area contributed by atoms with Crippen LogP contribution in [0.5, 0.6) is 0 Å². The van der Waals surface area contributed by atoms with Crippen LogP contribution in [0.25, 0.3) is 53.9 Å². The van der Waals surface area contributed by atoms with E-state index in [0.29, 0.717) is 22.3 Å². The fourth-order valence-corrected chi connectivity index (χ4v) is 7.15. The lowest BCUT2D eigenvalue weighted by molar-refractivity contribution is 0.103. The van der Waals surface area contributed by atoms with Crippen molar-refractivity contribution in [2.75, 3.05) is 0 Å². The van der Waals surface area contributed by atoms with Crippen molar-refractivity contribution in [3.8, 4) is 0 Å². The third-order valence-corrected chi connectivity index (χ3v) is 9.25. The Balaban J connectivity index is 1.53. The molecule has 0 unspecified atom stereocenters. The third-order valence-electron chi connectivity index (χ3n) is 7.86. The monoisotopic (exact) mass is 614 g/mol. The van der Waals surface area contributed by atoms with Crippen LogP contribution in [0.3, 0.4) is 0 Å². The summed E-state index contributed by atoms with van der Waals surface area (Å²) in [5, 5.41) is 10.7. The minimum atomic E-state index is -0.0218. The lowest BCUT2D eigenvalue weighted by Gasteiger charge is -2.13. The molecule has 38 heavy (non-hydrogen) atoms. The fourth-order valence-electron chi connectivity index (χ4n) is 6.22. The Morgan fingerprint density at radius 2 is 0.816 bits per heavy atom. The molecule has 0 N–H and O–H groups in total. The summed E-state index contributed by atoms with van der Waals surface area (Å²) in [5.74, 6) is -0.0436. The van der Waals surface area contributed by atoms with Crippen LogP contribution in [0.4, 0.5) is 0 Å². The molecule has 0 aliphatic carbocycles. The molecule has 0 aromatic heterocycles. The van der Waals surface area contributed by atoms with Crippen molar-refractivity contribution >= 4 is 97.3 Å². The predicted octanol–water partition coefficient (Wildman–Crippen LogP) is 9.75. The Bertz CT molecular complexity index is 2090. The van der Waals surface area contributed by atoms with Gasteiger partial charge in [0.05, 0.1) is 0 Å². The SMILES string of the molecule is O=C(c1ccccc1Br)c1cc2ccc3ccc4cc(C(=O)c5ccccc5Br)c5ccc1c1c2c3c4c51. The normalized spacial score (nSPS) is 12.2. The molecule has 8 aromatic carbocycles. The minimum absolute atomic E-state index is 0.0218. The summed E-state index contributed by atoms with van der Waals surface area (Å²) in [5.41, 5.74) is 2.61. The third kappa shape index (κ3) is 2.82. The van der Waals surface area contributed by atoms with Crippen LogP contribution >= 0.6 is 31.9 Å². The molecule has 0 saturated carbocycles. The molecule has 0 spiro atoms. The van der Waals surface area contributed by atoms with Gasteiger partial charge >= 0.3 is 0 Å². The van der Waals surface area contributed by atoms with E-state index in [1.54, 1.807) is 0 Å². The molecule has 0 bridgehead atoms. The maximum absolute atomic E-state index is 13.9. The molecule has 0 heterocycles. The first-order chi connectivity index (χ1) is 18.5. The first-order valence-corrected chi connectivity index (χ1v) is 13.9. The molecule has 0 radical (unpaired) electrons. The van der Waals surface area contributed by atoms with Gasteiger partial charge in [-0.3, -0.25) is 9.59 Å². The van der Waals surface area contributed by atoms with Crippen LogP contribution in [-0.2, 0) is 0 Å². The maximum atomic E-state index is 13.9. The largest absolute Gasteiger partial charge is 0.289 e. The minimum Gasteiger partial charge on any atom is -0.289 e. The molecular weight excluding hydrogens is 600 g/mol. The number of carbonyl (C=O) groups excluding carboxylic acids is 2. The molecule has 8 rings (SSSR count). The maximum Gasteiger partial charge on any atom is 0.194 e. The van der Waals surface area contributed by atoms with E-state index in [1.165, 1.54) is 10.8 Å². The second-order valence-electron chi connectivity index (χ2n) is 9.80. The van der Waals surface area contributed by atoms with E-state index >= 15 is 0 Å². The van der Waals surface area contributed by atoms with Gasteiger partial charge in [0.2, 0.25) is 0 Å². The predicted molar refractivity (Wildman–Crippen MR) is 163 cm³/mol. The van der Waals surface area contributed by atoms with E-state index in [4.69, 9.17) is 0 Å². The number of hydrogen-bond acceptors (Lipinski definition) is 2. The average molecular weight is 616 g/mol. The van der Waals surface area contributed by atoms with Gasteiger partial charge in [-0.1, -0.05) is 92.5 Å². The van der Waals surface area contributed by atoms with Crippen LogP contribution < -0.4 is 0 Å². The van der Waals surface area contributed by atoms with E-state index in [0.717, 1.165) is 52.0 Å². The number of halogens is 2. The standard InChI is InChI=1S/C34H16Br2O2/c35-26-7-3-1-5-22(26)33(37)24-15-18-11-9-17-10-12-19-16-25(34(38)23-6-2-4-8-27(23)36)21-14-13-20(24)31-29(18)28(17)30(19)32(21)31/h1-16H. The van der Waals surface area contributed by atoms with Gasteiger partial charge in [-0.15, -0.1) is 0 Å². The smallest absolute Gasteiger partial charge is 0.194 e. The molecule has 4 heteroatoms. The van der Waals surface area contributed by atoms with Crippen LogP contribution in [0.2, 0.25) is 0 Å². The fraction of sp³-hybridized carbons (Fsp3) is 0. The zero-order valence-corrected chi connectivity index (χ0v) is 23.0. The Labute approximate surface area is 234 Å². The topological polar surface area (TPSA) is 34.1 Å². The van der Waals surface area contributed by atoms with Crippen LogP contribution in [-0.4, -0.2) is 11.6 Å².